The highest BCUT2D eigenvalue weighted by Gasteiger charge is 2.61. The van der Waals surface area contributed by atoms with E-state index in [9.17, 15) is 0 Å². The zero-order valence-corrected chi connectivity index (χ0v) is 8.02. The minimum atomic E-state index is 0.636. The van der Waals surface area contributed by atoms with Crippen molar-refractivity contribution in [2.75, 3.05) is 6.54 Å². The van der Waals surface area contributed by atoms with E-state index < -0.39 is 0 Å². The molecule has 0 bridgehead atoms. The van der Waals surface area contributed by atoms with E-state index in [2.05, 4.69) is 33.0 Å². The normalized spacial score (nSPS) is 53.5. The molecule has 11 heavy (non-hydrogen) atoms. The molecule has 2 rings (SSSR count). The van der Waals surface area contributed by atoms with Gasteiger partial charge in [0.05, 0.1) is 0 Å². The van der Waals surface area contributed by atoms with E-state index >= 15 is 0 Å². The maximum Gasteiger partial charge on any atom is 0.00674 e. The molecule has 1 saturated heterocycles. The van der Waals surface area contributed by atoms with Crippen LogP contribution in [0, 0.1) is 23.2 Å². The first-order valence-corrected chi connectivity index (χ1v) is 4.78. The molecule has 1 N–H and O–H groups in total. The first kappa shape index (κ1) is 7.60. The summed E-state index contributed by atoms with van der Waals surface area (Å²) in [5, 5.41) is 3.58. The van der Waals surface area contributed by atoms with E-state index in [-0.39, 0.29) is 0 Å². The van der Waals surface area contributed by atoms with Crippen molar-refractivity contribution in [3.63, 3.8) is 0 Å². The first-order chi connectivity index (χ1) is 5.05. The minimum absolute atomic E-state index is 0.636. The van der Waals surface area contributed by atoms with Gasteiger partial charge in [-0.15, -0.1) is 0 Å². The molecule has 0 spiro atoms. The Morgan fingerprint density at radius 3 is 2.45 bits per heavy atom. The van der Waals surface area contributed by atoms with Crippen LogP contribution in [0.3, 0.4) is 0 Å². The van der Waals surface area contributed by atoms with Crippen molar-refractivity contribution in [3.05, 3.63) is 0 Å². The van der Waals surface area contributed by atoms with Crippen molar-refractivity contribution in [2.24, 2.45) is 23.2 Å². The van der Waals surface area contributed by atoms with E-state index in [4.69, 9.17) is 0 Å². The lowest BCUT2D eigenvalue weighted by molar-refractivity contribution is 0.294. The topological polar surface area (TPSA) is 12.0 Å². The second-order valence-electron chi connectivity index (χ2n) is 5.01. The molecule has 64 valence electrons. The summed E-state index contributed by atoms with van der Waals surface area (Å²) in [5.41, 5.74) is 0.636. The van der Waals surface area contributed by atoms with Crippen LogP contribution in [0.4, 0.5) is 0 Å². The van der Waals surface area contributed by atoms with Crippen molar-refractivity contribution in [3.8, 4) is 0 Å². The predicted molar refractivity (Wildman–Crippen MR) is 47.4 cm³/mol. The molecule has 4 unspecified atom stereocenters. The summed E-state index contributed by atoms with van der Waals surface area (Å²) in [6.45, 7) is 10.8. The van der Waals surface area contributed by atoms with Gasteiger partial charge in [0.25, 0.3) is 0 Å². The van der Waals surface area contributed by atoms with Gasteiger partial charge in [-0.25, -0.2) is 0 Å². The van der Waals surface area contributed by atoms with E-state index in [1.807, 2.05) is 0 Å². The molecule has 0 aromatic heterocycles. The zero-order chi connectivity index (χ0) is 8.22. The average Bonchev–Trinajstić information content (AvgIpc) is 2.46. The Labute approximate surface area is 69.6 Å². The Morgan fingerprint density at radius 1 is 1.27 bits per heavy atom. The van der Waals surface area contributed by atoms with Gasteiger partial charge in [0, 0.05) is 6.04 Å². The maximum atomic E-state index is 3.58. The van der Waals surface area contributed by atoms with Crippen LogP contribution in [0.25, 0.3) is 0 Å². The molecule has 4 atom stereocenters. The van der Waals surface area contributed by atoms with E-state index in [1.54, 1.807) is 0 Å². The first-order valence-electron chi connectivity index (χ1n) is 4.78. The number of rotatable bonds is 0. The third-order valence-corrected chi connectivity index (χ3v) is 4.15. The highest BCUT2D eigenvalue weighted by atomic mass is 15.0. The van der Waals surface area contributed by atoms with Gasteiger partial charge in [0.1, 0.15) is 0 Å². The summed E-state index contributed by atoms with van der Waals surface area (Å²) >= 11 is 0. The molecule has 2 aliphatic rings. The summed E-state index contributed by atoms with van der Waals surface area (Å²) in [6.07, 6.45) is 0. The molecule has 2 fully saturated rings. The van der Waals surface area contributed by atoms with Gasteiger partial charge in [-0.05, 0) is 36.6 Å². The summed E-state index contributed by atoms with van der Waals surface area (Å²) < 4.78 is 0. The third-order valence-electron chi connectivity index (χ3n) is 4.15. The van der Waals surface area contributed by atoms with Crippen LogP contribution in [0.5, 0.6) is 0 Å². The number of hydrogen-bond donors (Lipinski definition) is 1. The van der Waals surface area contributed by atoms with Crippen molar-refractivity contribution >= 4 is 0 Å². The van der Waals surface area contributed by atoms with E-state index in [0.717, 1.165) is 23.8 Å². The van der Waals surface area contributed by atoms with Crippen molar-refractivity contribution in [1.29, 1.82) is 0 Å². The van der Waals surface area contributed by atoms with Gasteiger partial charge in [0.15, 0.2) is 0 Å². The fourth-order valence-electron chi connectivity index (χ4n) is 3.03. The second kappa shape index (κ2) is 2.01. The Kier molecular flexibility index (Phi) is 1.39. The third kappa shape index (κ3) is 0.868. The quantitative estimate of drug-likeness (QED) is 0.560. The summed E-state index contributed by atoms with van der Waals surface area (Å²) in [6, 6.07) is 0.734. The summed E-state index contributed by atoms with van der Waals surface area (Å²) in [4.78, 5) is 0. The van der Waals surface area contributed by atoms with Gasteiger partial charge < -0.3 is 5.32 Å². The summed E-state index contributed by atoms with van der Waals surface area (Å²) in [5.74, 6) is 2.84. The molecule has 0 amide bonds. The molecule has 0 radical (unpaired) electrons. The molecule has 0 aromatic rings. The second-order valence-corrected chi connectivity index (χ2v) is 5.01. The Hall–Kier alpha value is -0.0400. The molecular weight excluding hydrogens is 134 g/mol. The highest BCUT2D eigenvalue weighted by Crippen LogP contribution is 2.63. The summed E-state index contributed by atoms with van der Waals surface area (Å²) in [7, 11) is 0. The zero-order valence-electron chi connectivity index (χ0n) is 8.02. The van der Waals surface area contributed by atoms with Gasteiger partial charge >= 0.3 is 0 Å². The van der Waals surface area contributed by atoms with Gasteiger partial charge in [-0.3, -0.25) is 0 Å². The van der Waals surface area contributed by atoms with Crippen LogP contribution in [0.1, 0.15) is 27.7 Å². The van der Waals surface area contributed by atoms with Crippen LogP contribution in [-0.2, 0) is 0 Å². The van der Waals surface area contributed by atoms with Crippen LogP contribution in [0.2, 0.25) is 0 Å². The highest BCUT2D eigenvalue weighted by molar-refractivity contribution is 5.11. The lowest BCUT2D eigenvalue weighted by Crippen LogP contribution is -2.39. The lowest BCUT2D eigenvalue weighted by Gasteiger charge is -2.26. The molecule has 0 aromatic carbocycles. The van der Waals surface area contributed by atoms with Gasteiger partial charge in [0.2, 0.25) is 0 Å². The van der Waals surface area contributed by atoms with Gasteiger partial charge in [-0.1, -0.05) is 20.8 Å². The van der Waals surface area contributed by atoms with Crippen LogP contribution in [-0.4, -0.2) is 12.6 Å². The number of fused-ring (bicyclic) bond motifs is 1. The Bertz CT molecular complexity index is 174. The van der Waals surface area contributed by atoms with Crippen molar-refractivity contribution in [1.82, 2.24) is 5.32 Å². The lowest BCUT2D eigenvalue weighted by atomic mass is 9.91. The monoisotopic (exact) mass is 153 g/mol. The molecular formula is C10H19N. The minimum Gasteiger partial charge on any atom is -0.314 e. The SMILES string of the molecule is CC1NCC2C(C1C)C2(C)C. The molecule has 1 heteroatoms. The number of nitrogens with one attached hydrogen (secondary N) is 1. The number of piperidine rings is 1. The van der Waals surface area contributed by atoms with Crippen molar-refractivity contribution < 1.29 is 0 Å². The van der Waals surface area contributed by atoms with E-state index in [1.165, 1.54) is 6.54 Å². The fourth-order valence-corrected chi connectivity index (χ4v) is 3.03. The fraction of sp³-hybridized carbons (Fsp3) is 1.00. The van der Waals surface area contributed by atoms with Gasteiger partial charge in [-0.2, -0.15) is 0 Å². The molecule has 1 aliphatic carbocycles. The Morgan fingerprint density at radius 2 is 1.91 bits per heavy atom. The van der Waals surface area contributed by atoms with Crippen molar-refractivity contribution in [2.45, 2.75) is 33.7 Å². The van der Waals surface area contributed by atoms with Crippen LogP contribution < -0.4 is 5.32 Å². The van der Waals surface area contributed by atoms with Crippen LogP contribution in [0.15, 0.2) is 0 Å². The maximum absolute atomic E-state index is 3.58. The number of hydrogen-bond acceptors (Lipinski definition) is 1. The molecule has 1 heterocycles. The molecule has 1 nitrogen and oxygen atoms in total. The molecule has 1 aliphatic heterocycles. The largest absolute Gasteiger partial charge is 0.314 e. The average molecular weight is 153 g/mol. The van der Waals surface area contributed by atoms with Crippen LogP contribution >= 0.6 is 0 Å². The Balaban J connectivity index is 2.12. The molecule has 1 saturated carbocycles. The predicted octanol–water partition coefficient (Wildman–Crippen LogP) is 1.89. The smallest absolute Gasteiger partial charge is 0.00674 e. The standard InChI is InChI=1S/C10H19N/c1-6-7(2)11-5-8-9(6)10(8,3)4/h6-9,11H,5H2,1-4H3. The van der Waals surface area contributed by atoms with E-state index in [0.29, 0.717) is 5.41 Å².